The summed E-state index contributed by atoms with van der Waals surface area (Å²) in [5, 5.41) is 11.8. The standard InChI is InChI=1S/C13H18N4O3/c1-13(12(14)16-20)3-6-17(7-4-13)11(19)9-8-15-5-2-10(9)18/h2,5,8,20H,3-4,6-7H2,1H3,(H2,14,16)(H,15,18). The Balaban J connectivity index is 2.10. The molecule has 2 rings (SSSR count). The number of carbonyl (C=O) groups excluding carboxylic acids is 1. The number of H-pyrrole nitrogens is 1. The summed E-state index contributed by atoms with van der Waals surface area (Å²) in [6, 6.07) is 1.33. The van der Waals surface area contributed by atoms with Crippen LogP contribution in [0.15, 0.2) is 28.4 Å². The minimum atomic E-state index is -0.408. The molecule has 1 amide bonds. The van der Waals surface area contributed by atoms with E-state index in [1.54, 1.807) is 4.90 Å². The van der Waals surface area contributed by atoms with Crippen LogP contribution in [0.3, 0.4) is 0 Å². The van der Waals surface area contributed by atoms with Crippen LogP contribution in [0.2, 0.25) is 0 Å². The number of likely N-dealkylation sites (tertiary alicyclic amines) is 1. The molecule has 7 nitrogen and oxygen atoms in total. The van der Waals surface area contributed by atoms with Crippen molar-refractivity contribution >= 4 is 11.7 Å². The molecule has 0 spiro atoms. The van der Waals surface area contributed by atoms with Gasteiger partial charge in [-0.1, -0.05) is 12.1 Å². The van der Waals surface area contributed by atoms with Gasteiger partial charge in [-0.15, -0.1) is 0 Å². The highest BCUT2D eigenvalue weighted by atomic mass is 16.4. The summed E-state index contributed by atoms with van der Waals surface area (Å²) in [5.41, 5.74) is 5.12. The molecule has 1 fully saturated rings. The van der Waals surface area contributed by atoms with Gasteiger partial charge in [-0.3, -0.25) is 9.59 Å². The highest BCUT2D eigenvalue weighted by Crippen LogP contribution is 2.31. The number of oxime groups is 1. The molecule has 1 aromatic rings. The van der Waals surface area contributed by atoms with E-state index in [9.17, 15) is 9.59 Å². The third-order valence-electron chi connectivity index (χ3n) is 3.93. The number of rotatable bonds is 2. The van der Waals surface area contributed by atoms with Crippen LogP contribution in [0.4, 0.5) is 0 Å². The predicted octanol–water partition coefficient (Wildman–Crippen LogP) is 0.364. The lowest BCUT2D eigenvalue weighted by atomic mass is 9.79. The molecule has 2 heterocycles. The summed E-state index contributed by atoms with van der Waals surface area (Å²) in [6.45, 7) is 2.85. The van der Waals surface area contributed by atoms with Gasteiger partial charge in [-0.25, -0.2) is 0 Å². The average Bonchev–Trinajstić information content (AvgIpc) is 2.47. The maximum atomic E-state index is 12.3. The lowest BCUT2D eigenvalue weighted by Crippen LogP contribution is -2.48. The van der Waals surface area contributed by atoms with Gasteiger partial charge >= 0.3 is 0 Å². The van der Waals surface area contributed by atoms with Crippen molar-refractivity contribution in [2.45, 2.75) is 19.8 Å². The van der Waals surface area contributed by atoms with Crippen molar-refractivity contribution in [2.24, 2.45) is 16.3 Å². The molecule has 0 aromatic carbocycles. The number of nitrogens with zero attached hydrogens (tertiary/aromatic N) is 2. The molecule has 1 aromatic heterocycles. The molecule has 0 aliphatic carbocycles. The first-order chi connectivity index (χ1) is 9.48. The molecular weight excluding hydrogens is 260 g/mol. The first-order valence-electron chi connectivity index (χ1n) is 6.42. The van der Waals surface area contributed by atoms with Gasteiger partial charge in [-0.05, 0) is 12.8 Å². The second kappa shape index (κ2) is 5.36. The fourth-order valence-corrected chi connectivity index (χ4v) is 2.33. The molecule has 108 valence electrons. The van der Waals surface area contributed by atoms with Crippen LogP contribution in [-0.4, -0.2) is 39.9 Å². The Hall–Kier alpha value is -2.31. The van der Waals surface area contributed by atoms with E-state index >= 15 is 0 Å². The third kappa shape index (κ3) is 2.52. The molecule has 0 bridgehead atoms. The highest BCUT2D eigenvalue weighted by molar-refractivity contribution is 5.94. The van der Waals surface area contributed by atoms with Crippen LogP contribution in [0.25, 0.3) is 0 Å². The second-order valence-electron chi connectivity index (χ2n) is 5.26. The summed E-state index contributed by atoms with van der Waals surface area (Å²) in [6.07, 6.45) is 4.10. The van der Waals surface area contributed by atoms with E-state index in [-0.39, 0.29) is 22.7 Å². The Morgan fingerprint density at radius 1 is 1.50 bits per heavy atom. The monoisotopic (exact) mass is 278 g/mol. The SMILES string of the molecule is CC1(/C(N)=N/O)CCN(C(=O)c2c[nH]ccc2=O)CC1. The van der Waals surface area contributed by atoms with E-state index in [0.717, 1.165) is 0 Å². The second-order valence-corrected chi connectivity index (χ2v) is 5.26. The minimum absolute atomic E-state index is 0.139. The van der Waals surface area contributed by atoms with E-state index in [4.69, 9.17) is 10.9 Å². The molecule has 0 atom stereocenters. The number of pyridine rings is 1. The molecular formula is C13H18N4O3. The van der Waals surface area contributed by atoms with Crippen molar-refractivity contribution in [1.29, 1.82) is 0 Å². The van der Waals surface area contributed by atoms with Gasteiger partial charge < -0.3 is 20.8 Å². The van der Waals surface area contributed by atoms with Crippen LogP contribution >= 0.6 is 0 Å². The number of hydrogen-bond donors (Lipinski definition) is 3. The molecule has 7 heteroatoms. The summed E-state index contributed by atoms with van der Waals surface area (Å²) in [7, 11) is 0. The Kier molecular flexibility index (Phi) is 3.78. The highest BCUT2D eigenvalue weighted by Gasteiger charge is 2.36. The lowest BCUT2D eigenvalue weighted by molar-refractivity contribution is 0.0665. The Morgan fingerprint density at radius 3 is 2.70 bits per heavy atom. The molecule has 4 N–H and O–H groups in total. The number of aromatic amines is 1. The van der Waals surface area contributed by atoms with E-state index in [1.807, 2.05) is 6.92 Å². The largest absolute Gasteiger partial charge is 0.409 e. The van der Waals surface area contributed by atoms with Gasteiger partial charge in [0, 0.05) is 37.0 Å². The zero-order valence-electron chi connectivity index (χ0n) is 11.3. The lowest BCUT2D eigenvalue weighted by Gasteiger charge is -2.38. The van der Waals surface area contributed by atoms with Crippen LogP contribution in [-0.2, 0) is 0 Å². The molecule has 20 heavy (non-hydrogen) atoms. The third-order valence-corrected chi connectivity index (χ3v) is 3.93. The summed E-state index contributed by atoms with van der Waals surface area (Å²) in [5.74, 6) is -0.101. The van der Waals surface area contributed by atoms with Crippen LogP contribution in [0, 0.1) is 5.41 Å². The summed E-state index contributed by atoms with van der Waals surface area (Å²) < 4.78 is 0. The Bertz CT molecular complexity index is 585. The minimum Gasteiger partial charge on any atom is -0.409 e. The van der Waals surface area contributed by atoms with E-state index in [2.05, 4.69) is 10.1 Å². The Morgan fingerprint density at radius 2 is 2.15 bits per heavy atom. The predicted molar refractivity (Wildman–Crippen MR) is 73.7 cm³/mol. The average molecular weight is 278 g/mol. The van der Waals surface area contributed by atoms with Gasteiger partial charge in [0.1, 0.15) is 11.4 Å². The zero-order valence-corrected chi connectivity index (χ0v) is 11.3. The van der Waals surface area contributed by atoms with Crippen LogP contribution in [0.1, 0.15) is 30.1 Å². The van der Waals surface area contributed by atoms with Crippen molar-refractivity contribution in [3.63, 3.8) is 0 Å². The van der Waals surface area contributed by atoms with E-state index in [1.165, 1.54) is 18.5 Å². The normalized spacial score (nSPS) is 18.9. The van der Waals surface area contributed by atoms with Crippen molar-refractivity contribution in [1.82, 2.24) is 9.88 Å². The topological polar surface area (TPSA) is 112 Å². The van der Waals surface area contributed by atoms with Gasteiger partial charge in [0.2, 0.25) is 0 Å². The van der Waals surface area contributed by atoms with Gasteiger partial charge in [0.25, 0.3) is 5.91 Å². The Labute approximate surface area is 116 Å². The van der Waals surface area contributed by atoms with E-state index < -0.39 is 5.41 Å². The quantitative estimate of drug-likeness (QED) is 0.314. The number of piperidine rings is 1. The molecule has 1 saturated heterocycles. The van der Waals surface area contributed by atoms with Crippen LogP contribution < -0.4 is 11.2 Å². The van der Waals surface area contributed by atoms with Gasteiger partial charge in [0.15, 0.2) is 5.43 Å². The van der Waals surface area contributed by atoms with Crippen molar-refractivity contribution < 1.29 is 10.0 Å². The molecule has 0 saturated carbocycles. The number of aromatic nitrogens is 1. The maximum absolute atomic E-state index is 12.3. The number of amidine groups is 1. The number of nitrogens with one attached hydrogen (secondary N) is 1. The van der Waals surface area contributed by atoms with Crippen LogP contribution in [0.5, 0.6) is 0 Å². The van der Waals surface area contributed by atoms with Crippen molar-refractivity contribution in [3.8, 4) is 0 Å². The number of amides is 1. The van der Waals surface area contributed by atoms with Crippen molar-refractivity contribution in [2.75, 3.05) is 13.1 Å². The fourth-order valence-electron chi connectivity index (χ4n) is 2.33. The molecule has 1 aliphatic rings. The maximum Gasteiger partial charge on any atom is 0.259 e. The molecule has 0 unspecified atom stereocenters. The first-order valence-corrected chi connectivity index (χ1v) is 6.42. The number of nitrogens with two attached hydrogens (primary N) is 1. The van der Waals surface area contributed by atoms with Gasteiger partial charge in [-0.2, -0.15) is 0 Å². The van der Waals surface area contributed by atoms with E-state index in [0.29, 0.717) is 25.9 Å². The zero-order chi connectivity index (χ0) is 14.8. The summed E-state index contributed by atoms with van der Waals surface area (Å²) >= 11 is 0. The number of hydrogen-bond acceptors (Lipinski definition) is 4. The van der Waals surface area contributed by atoms with Gasteiger partial charge in [0.05, 0.1) is 0 Å². The molecule has 0 radical (unpaired) electrons. The first kappa shape index (κ1) is 14.1. The summed E-state index contributed by atoms with van der Waals surface area (Å²) in [4.78, 5) is 28.3. The fraction of sp³-hybridized carbons (Fsp3) is 0.462. The molecule has 1 aliphatic heterocycles. The van der Waals surface area contributed by atoms with Crippen molar-refractivity contribution in [3.05, 3.63) is 34.2 Å². The smallest absolute Gasteiger partial charge is 0.259 e. The number of carbonyl (C=O) groups is 1.